The predicted octanol–water partition coefficient (Wildman–Crippen LogP) is 3.25. The van der Waals surface area contributed by atoms with Gasteiger partial charge in [0.05, 0.1) is 17.7 Å². The van der Waals surface area contributed by atoms with E-state index in [0.29, 0.717) is 18.1 Å². The number of rotatable bonds is 8. The molecule has 0 bridgehead atoms. The summed E-state index contributed by atoms with van der Waals surface area (Å²) in [7, 11) is 0. The zero-order valence-electron chi connectivity index (χ0n) is 15.1. The average molecular weight is 397 g/mol. The molecule has 1 heterocycles. The van der Waals surface area contributed by atoms with E-state index in [1.807, 2.05) is 0 Å². The first-order valence-electron chi connectivity index (χ1n) is 8.36. The van der Waals surface area contributed by atoms with Gasteiger partial charge in [-0.3, -0.25) is 0 Å². The van der Waals surface area contributed by atoms with Gasteiger partial charge in [-0.25, -0.2) is 9.59 Å². The first-order chi connectivity index (χ1) is 13.9. The highest BCUT2D eigenvalue weighted by Gasteiger charge is 2.13. The maximum atomic E-state index is 10.9. The third-order valence-corrected chi connectivity index (χ3v) is 3.47. The minimum Gasteiger partial charge on any atom is -0.478 e. The van der Waals surface area contributed by atoms with Crippen molar-refractivity contribution in [1.82, 2.24) is 15.0 Å². The second-order valence-electron chi connectivity index (χ2n) is 5.48. The van der Waals surface area contributed by atoms with E-state index in [1.165, 1.54) is 48.5 Å². The van der Waals surface area contributed by atoms with Crippen molar-refractivity contribution in [3.63, 3.8) is 0 Å². The summed E-state index contributed by atoms with van der Waals surface area (Å²) >= 11 is 0. The summed E-state index contributed by atoms with van der Waals surface area (Å²) in [5.74, 6) is -1.50. The van der Waals surface area contributed by atoms with Gasteiger partial charge in [-0.15, -0.1) is 15.0 Å². The van der Waals surface area contributed by atoms with Gasteiger partial charge < -0.3 is 24.4 Å². The van der Waals surface area contributed by atoms with Crippen LogP contribution < -0.4 is 14.2 Å². The Morgan fingerprint density at radius 2 is 1.10 bits per heavy atom. The molecule has 3 aromatic rings. The van der Waals surface area contributed by atoms with E-state index in [9.17, 15) is 9.59 Å². The van der Waals surface area contributed by atoms with Gasteiger partial charge in [-0.2, -0.15) is 0 Å². The first-order valence-corrected chi connectivity index (χ1v) is 8.36. The van der Waals surface area contributed by atoms with Crippen molar-refractivity contribution < 1.29 is 34.0 Å². The lowest BCUT2D eigenvalue weighted by molar-refractivity contribution is 0.0686. The van der Waals surface area contributed by atoms with Crippen molar-refractivity contribution in [2.24, 2.45) is 0 Å². The molecule has 2 aromatic carbocycles. The molecule has 0 saturated carbocycles. The molecule has 0 amide bonds. The van der Waals surface area contributed by atoms with Gasteiger partial charge in [-0.1, -0.05) is 0 Å². The number of ether oxygens (including phenoxy) is 3. The van der Waals surface area contributed by atoms with E-state index >= 15 is 0 Å². The maximum absolute atomic E-state index is 10.9. The van der Waals surface area contributed by atoms with Crippen LogP contribution in [0, 0.1) is 0 Å². The molecule has 29 heavy (non-hydrogen) atoms. The van der Waals surface area contributed by atoms with E-state index < -0.39 is 11.9 Å². The van der Waals surface area contributed by atoms with E-state index in [2.05, 4.69) is 15.0 Å². The number of carboxylic acid groups (broad SMARTS) is 2. The Morgan fingerprint density at radius 3 is 1.45 bits per heavy atom. The second kappa shape index (κ2) is 8.65. The van der Waals surface area contributed by atoms with Crippen LogP contribution in [0.25, 0.3) is 0 Å². The Balaban J connectivity index is 1.83. The summed E-state index contributed by atoms with van der Waals surface area (Å²) in [5, 5.41) is 17.9. The quantitative estimate of drug-likeness (QED) is 0.581. The fourth-order valence-electron chi connectivity index (χ4n) is 2.15. The van der Waals surface area contributed by atoms with Gasteiger partial charge in [-0.05, 0) is 55.5 Å². The second-order valence-corrected chi connectivity index (χ2v) is 5.48. The Labute approximate surface area is 164 Å². The van der Waals surface area contributed by atoms with Crippen LogP contribution in [0.4, 0.5) is 0 Å². The van der Waals surface area contributed by atoms with Crippen molar-refractivity contribution in [3.05, 3.63) is 59.7 Å². The number of carboxylic acids is 2. The van der Waals surface area contributed by atoms with Crippen molar-refractivity contribution in [2.45, 2.75) is 6.92 Å². The third kappa shape index (κ3) is 5.16. The Kier molecular flexibility index (Phi) is 5.83. The molecule has 0 atom stereocenters. The van der Waals surface area contributed by atoms with Gasteiger partial charge in [0.15, 0.2) is 0 Å². The molecule has 2 N–H and O–H groups in total. The van der Waals surface area contributed by atoms with Crippen LogP contribution in [0.3, 0.4) is 0 Å². The lowest BCUT2D eigenvalue weighted by atomic mass is 10.2. The monoisotopic (exact) mass is 397 g/mol. The van der Waals surface area contributed by atoms with E-state index in [0.717, 1.165) is 0 Å². The predicted molar refractivity (Wildman–Crippen MR) is 97.9 cm³/mol. The van der Waals surface area contributed by atoms with Gasteiger partial charge >= 0.3 is 30.0 Å². The van der Waals surface area contributed by atoms with Crippen molar-refractivity contribution in [2.75, 3.05) is 6.61 Å². The molecule has 10 heteroatoms. The molecule has 10 nitrogen and oxygen atoms in total. The summed E-state index contributed by atoms with van der Waals surface area (Å²) in [6.45, 7) is 2.05. The van der Waals surface area contributed by atoms with Crippen LogP contribution in [0.5, 0.6) is 29.5 Å². The number of hydrogen-bond donors (Lipinski definition) is 2. The van der Waals surface area contributed by atoms with Gasteiger partial charge in [0.25, 0.3) is 0 Å². The molecule has 3 rings (SSSR count). The highest BCUT2D eigenvalue weighted by atomic mass is 16.5. The largest absolute Gasteiger partial charge is 0.478 e. The van der Waals surface area contributed by atoms with Crippen LogP contribution in [0.1, 0.15) is 27.6 Å². The topological polar surface area (TPSA) is 141 Å². The number of hydrogen-bond acceptors (Lipinski definition) is 8. The fraction of sp³-hybridized carbons (Fsp3) is 0.105. The number of aromatic nitrogens is 3. The molecular formula is C19H15N3O7. The number of nitrogens with zero attached hydrogens (tertiary/aromatic N) is 3. The molecule has 0 aliphatic rings. The van der Waals surface area contributed by atoms with Gasteiger partial charge in [0.2, 0.25) is 0 Å². The summed E-state index contributed by atoms with van der Waals surface area (Å²) < 4.78 is 16.4. The first kappa shape index (κ1) is 19.5. The van der Waals surface area contributed by atoms with Gasteiger partial charge in [0.1, 0.15) is 11.5 Å². The number of aromatic carboxylic acids is 2. The number of benzene rings is 2. The molecule has 0 saturated heterocycles. The minimum atomic E-state index is -1.06. The SMILES string of the molecule is CCOc1nc(Oc2ccc(C(=O)O)cc2)nc(Oc2ccc(C(=O)O)cc2)n1. The zero-order valence-corrected chi connectivity index (χ0v) is 15.1. The Morgan fingerprint density at radius 1 is 0.724 bits per heavy atom. The molecule has 0 aliphatic heterocycles. The van der Waals surface area contributed by atoms with Crippen LogP contribution in [0.15, 0.2) is 48.5 Å². The normalized spacial score (nSPS) is 10.2. The zero-order chi connectivity index (χ0) is 20.8. The maximum Gasteiger partial charge on any atom is 0.335 e. The van der Waals surface area contributed by atoms with Crippen LogP contribution in [-0.4, -0.2) is 43.7 Å². The van der Waals surface area contributed by atoms with Crippen LogP contribution in [-0.2, 0) is 0 Å². The molecule has 1 aromatic heterocycles. The molecule has 0 spiro atoms. The van der Waals surface area contributed by atoms with Crippen LogP contribution in [0.2, 0.25) is 0 Å². The lowest BCUT2D eigenvalue weighted by Crippen LogP contribution is -2.04. The van der Waals surface area contributed by atoms with E-state index in [4.69, 9.17) is 24.4 Å². The highest BCUT2D eigenvalue weighted by Crippen LogP contribution is 2.25. The third-order valence-electron chi connectivity index (χ3n) is 3.47. The highest BCUT2D eigenvalue weighted by molar-refractivity contribution is 5.88. The Hall–Kier alpha value is -4.21. The van der Waals surface area contributed by atoms with Crippen molar-refractivity contribution in [1.29, 1.82) is 0 Å². The minimum absolute atomic E-state index is 0.0307. The molecule has 0 aliphatic carbocycles. The average Bonchev–Trinajstić information content (AvgIpc) is 2.69. The van der Waals surface area contributed by atoms with Crippen molar-refractivity contribution >= 4 is 11.9 Å². The van der Waals surface area contributed by atoms with E-state index in [-0.39, 0.29) is 29.2 Å². The standard InChI is InChI=1S/C19H15N3O7/c1-2-27-17-20-18(28-13-7-3-11(4-8-13)15(23)24)22-19(21-17)29-14-9-5-12(6-10-14)16(25)26/h3-10H,2H2,1H3,(H,23,24)(H,25,26). The molecule has 148 valence electrons. The summed E-state index contributed by atoms with van der Waals surface area (Å²) in [5.41, 5.74) is 0.216. The Bertz CT molecular complexity index is 943. The van der Waals surface area contributed by atoms with Gasteiger partial charge in [0, 0.05) is 0 Å². The lowest BCUT2D eigenvalue weighted by Gasteiger charge is -2.09. The smallest absolute Gasteiger partial charge is 0.335 e. The van der Waals surface area contributed by atoms with Crippen LogP contribution >= 0.6 is 0 Å². The molecule has 0 fully saturated rings. The number of carbonyl (C=O) groups is 2. The molecular weight excluding hydrogens is 382 g/mol. The summed E-state index contributed by atoms with van der Waals surface area (Å²) in [6, 6.07) is 11.1. The van der Waals surface area contributed by atoms with Crippen molar-refractivity contribution in [3.8, 4) is 29.5 Å². The summed E-state index contributed by atoms with van der Waals surface area (Å²) in [4.78, 5) is 33.9. The molecule has 0 unspecified atom stereocenters. The molecule has 0 radical (unpaired) electrons. The van der Waals surface area contributed by atoms with E-state index in [1.54, 1.807) is 6.92 Å². The summed E-state index contributed by atoms with van der Waals surface area (Å²) in [6.07, 6.45) is 0. The fourth-order valence-corrected chi connectivity index (χ4v) is 2.15.